The second-order valence-corrected chi connectivity index (χ2v) is 8.67. The van der Waals surface area contributed by atoms with Gasteiger partial charge in [-0.15, -0.1) is 0 Å². The van der Waals surface area contributed by atoms with Gasteiger partial charge in [-0.1, -0.05) is 30.3 Å². The van der Waals surface area contributed by atoms with Crippen molar-refractivity contribution in [2.45, 2.75) is 56.9 Å². The van der Waals surface area contributed by atoms with Gasteiger partial charge in [-0.25, -0.2) is 0 Å². The van der Waals surface area contributed by atoms with E-state index >= 15 is 0 Å². The summed E-state index contributed by atoms with van der Waals surface area (Å²) in [5.41, 5.74) is 1.42. The van der Waals surface area contributed by atoms with Crippen LogP contribution in [0.5, 0.6) is 0 Å². The van der Waals surface area contributed by atoms with E-state index in [0.29, 0.717) is 18.2 Å². The number of ether oxygens (including phenoxy) is 1. The van der Waals surface area contributed by atoms with Crippen LogP contribution in [0.1, 0.15) is 37.7 Å². The Morgan fingerprint density at radius 1 is 1.07 bits per heavy atom. The van der Waals surface area contributed by atoms with Crippen LogP contribution in [-0.2, 0) is 11.3 Å². The van der Waals surface area contributed by atoms with Gasteiger partial charge in [0.15, 0.2) is 5.96 Å². The third kappa shape index (κ3) is 5.93. The van der Waals surface area contributed by atoms with Gasteiger partial charge in [0.2, 0.25) is 0 Å². The quantitative estimate of drug-likeness (QED) is 0.398. The van der Waals surface area contributed by atoms with Crippen LogP contribution < -0.4 is 10.6 Å². The molecule has 3 fully saturated rings. The van der Waals surface area contributed by atoms with Crippen LogP contribution in [-0.4, -0.2) is 80.3 Å². The zero-order valence-corrected chi connectivity index (χ0v) is 17.9. The largest absolute Gasteiger partial charge is 0.373 e. The Bertz CT molecular complexity index is 644. The van der Waals surface area contributed by atoms with Gasteiger partial charge in [0.05, 0.1) is 18.2 Å². The summed E-state index contributed by atoms with van der Waals surface area (Å²) in [4.78, 5) is 9.57. The van der Waals surface area contributed by atoms with Crippen LogP contribution in [0.25, 0.3) is 0 Å². The minimum absolute atomic E-state index is 0.388. The molecule has 3 unspecified atom stereocenters. The lowest BCUT2D eigenvalue weighted by atomic mass is 9.96. The molecule has 0 spiro atoms. The van der Waals surface area contributed by atoms with E-state index < -0.39 is 0 Å². The normalized spacial score (nSPS) is 28.0. The number of hydrogen-bond acceptors (Lipinski definition) is 4. The Balaban J connectivity index is 1.05. The van der Waals surface area contributed by atoms with E-state index in [-0.39, 0.29) is 0 Å². The van der Waals surface area contributed by atoms with Crippen molar-refractivity contribution in [1.29, 1.82) is 0 Å². The van der Waals surface area contributed by atoms with Gasteiger partial charge in [0.1, 0.15) is 0 Å². The smallest absolute Gasteiger partial charge is 0.191 e. The summed E-state index contributed by atoms with van der Waals surface area (Å²) >= 11 is 0. The van der Waals surface area contributed by atoms with Crippen LogP contribution in [0, 0.1) is 0 Å². The van der Waals surface area contributed by atoms with Gasteiger partial charge in [0.25, 0.3) is 0 Å². The molecule has 0 aromatic heterocycles. The van der Waals surface area contributed by atoms with Crippen molar-refractivity contribution in [2.75, 3.05) is 46.3 Å². The van der Waals surface area contributed by atoms with E-state index in [0.717, 1.165) is 25.5 Å². The molecule has 2 N–H and O–H groups in total. The molecule has 0 amide bonds. The maximum Gasteiger partial charge on any atom is 0.191 e. The molecule has 3 saturated heterocycles. The van der Waals surface area contributed by atoms with Crippen molar-refractivity contribution >= 4 is 5.96 Å². The summed E-state index contributed by atoms with van der Waals surface area (Å²) in [6.45, 7) is 7.99. The number of benzene rings is 1. The topological polar surface area (TPSA) is 52.1 Å². The van der Waals surface area contributed by atoms with Gasteiger partial charge in [-0.3, -0.25) is 9.89 Å². The van der Waals surface area contributed by atoms with E-state index in [4.69, 9.17) is 4.74 Å². The minimum atomic E-state index is 0.388. The predicted molar refractivity (Wildman–Crippen MR) is 118 cm³/mol. The molecule has 1 aromatic rings. The van der Waals surface area contributed by atoms with Crippen LogP contribution in [0.3, 0.4) is 0 Å². The molecule has 3 heterocycles. The number of rotatable bonds is 8. The fraction of sp³-hybridized carbons (Fsp3) is 0.696. The molecule has 3 aliphatic heterocycles. The maximum absolute atomic E-state index is 5.93. The lowest BCUT2D eigenvalue weighted by molar-refractivity contribution is 0.0992. The summed E-state index contributed by atoms with van der Waals surface area (Å²) in [5.74, 6) is 0.931. The number of hydrogen-bond donors (Lipinski definition) is 2. The summed E-state index contributed by atoms with van der Waals surface area (Å²) in [6, 6.07) is 11.3. The van der Waals surface area contributed by atoms with Crippen LogP contribution >= 0.6 is 0 Å². The second kappa shape index (κ2) is 10.4. The summed E-state index contributed by atoms with van der Waals surface area (Å²) < 4.78 is 5.93. The molecule has 1 aromatic carbocycles. The predicted octanol–water partition coefficient (Wildman–Crippen LogP) is 2.07. The van der Waals surface area contributed by atoms with Crippen molar-refractivity contribution in [3.63, 3.8) is 0 Å². The van der Waals surface area contributed by atoms with E-state index in [2.05, 4.69) is 55.8 Å². The average Bonchev–Trinajstić information content (AvgIpc) is 3.38. The number of aliphatic imine (C=N–C) groups is 1. The summed E-state index contributed by atoms with van der Waals surface area (Å²) in [7, 11) is 1.86. The van der Waals surface area contributed by atoms with Crippen LogP contribution in [0.15, 0.2) is 35.3 Å². The highest BCUT2D eigenvalue weighted by Crippen LogP contribution is 2.34. The summed E-state index contributed by atoms with van der Waals surface area (Å²) in [5, 5.41) is 7.04. The zero-order chi connectivity index (χ0) is 19.9. The maximum atomic E-state index is 5.93. The second-order valence-electron chi connectivity index (χ2n) is 8.67. The van der Waals surface area contributed by atoms with E-state index in [1.54, 1.807) is 0 Å². The van der Waals surface area contributed by atoms with Crippen LogP contribution in [0.4, 0.5) is 0 Å². The molecule has 6 nitrogen and oxygen atoms in total. The van der Waals surface area contributed by atoms with E-state index in [1.807, 2.05) is 7.05 Å². The molecule has 3 atom stereocenters. The van der Waals surface area contributed by atoms with Crippen molar-refractivity contribution in [2.24, 2.45) is 4.99 Å². The minimum Gasteiger partial charge on any atom is -0.373 e. The fourth-order valence-corrected chi connectivity index (χ4v) is 4.84. The van der Waals surface area contributed by atoms with Gasteiger partial charge in [-0.2, -0.15) is 0 Å². The van der Waals surface area contributed by atoms with Gasteiger partial charge < -0.3 is 20.3 Å². The molecule has 0 aliphatic carbocycles. The van der Waals surface area contributed by atoms with Gasteiger partial charge in [0, 0.05) is 46.3 Å². The Morgan fingerprint density at radius 3 is 2.55 bits per heavy atom. The molecule has 29 heavy (non-hydrogen) atoms. The third-order valence-electron chi connectivity index (χ3n) is 6.56. The Labute approximate surface area is 175 Å². The number of nitrogens with zero attached hydrogens (tertiary/aromatic N) is 3. The van der Waals surface area contributed by atoms with Crippen molar-refractivity contribution in [3.05, 3.63) is 35.9 Å². The third-order valence-corrected chi connectivity index (χ3v) is 6.56. The first-order valence-electron chi connectivity index (χ1n) is 11.4. The van der Waals surface area contributed by atoms with Crippen LogP contribution in [0.2, 0.25) is 0 Å². The molecular weight excluding hydrogens is 362 g/mol. The first kappa shape index (κ1) is 20.6. The highest BCUT2D eigenvalue weighted by atomic mass is 16.5. The zero-order valence-electron chi connectivity index (χ0n) is 17.9. The number of fused-ring (bicyclic) bond motifs is 2. The van der Waals surface area contributed by atoms with Crippen molar-refractivity contribution < 1.29 is 4.74 Å². The number of guanidine groups is 1. The van der Waals surface area contributed by atoms with Crippen molar-refractivity contribution in [3.8, 4) is 0 Å². The lowest BCUT2D eigenvalue weighted by Crippen LogP contribution is -2.47. The molecule has 2 bridgehead atoms. The molecule has 4 rings (SSSR count). The molecule has 0 saturated carbocycles. The number of unbranched alkanes of at least 4 members (excludes halogenated alkanes) is 1. The number of nitrogens with one attached hydrogen (secondary N) is 2. The lowest BCUT2D eigenvalue weighted by Gasteiger charge is -2.34. The molecule has 160 valence electrons. The molecule has 6 heteroatoms. The molecule has 0 radical (unpaired) electrons. The highest BCUT2D eigenvalue weighted by Gasteiger charge is 2.41. The first-order chi connectivity index (χ1) is 14.3. The monoisotopic (exact) mass is 399 g/mol. The molecule has 3 aliphatic rings. The Morgan fingerprint density at radius 2 is 1.86 bits per heavy atom. The van der Waals surface area contributed by atoms with Gasteiger partial charge in [-0.05, 0) is 44.2 Å². The number of piperazine rings is 1. The first-order valence-corrected chi connectivity index (χ1v) is 11.4. The highest BCUT2D eigenvalue weighted by molar-refractivity contribution is 5.80. The SMILES string of the molecule is CN=C(NCCCCN1CCN(Cc2ccccc2)CC1)NC1CC2CCC1O2. The van der Waals surface area contributed by atoms with E-state index in [1.165, 1.54) is 64.0 Å². The standard InChI is InChI=1S/C23H37N5O/c1-24-23(26-21-17-20-9-10-22(21)29-20)25-11-5-6-12-27-13-15-28(16-14-27)18-19-7-3-2-4-8-19/h2-4,7-8,20-22H,5-6,9-18H2,1H3,(H2,24,25,26). The van der Waals surface area contributed by atoms with Crippen molar-refractivity contribution in [1.82, 2.24) is 20.4 Å². The fourth-order valence-electron chi connectivity index (χ4n) is 4.84. The van der Waals surface area contributed by atoms with E-state index in [9.17, 15) is 0 Å². The van der Waals surface area contributed by atoms with Gasteiger partial charge >= 0.3 is 0 Å². The summed E-state index contributed by atoms with van der Waals surface area (Å²) in [6.07, 6.45) is 6.83. The Hall–Kier alpha value is -1.63. The molecular formula is C23H37N5O. The Kier molecular flexibility index (Phi) is 7.41. The average molecular weight is 400 g/mol.